The third-order valence-corrected chi connectivity index (χ3v) is 3.77. The molecule has 0 bridgehead atoms. The van der Waals surface area contributed by atoms with Gasteiger partial charge in [-0.3, -0.25) is 19.7 Å². The fourth-order valence-corrected chi connectivity index (χ4v) is 2.32. The fourth-order valence-electron chi connectivity index (χ4n) is 2.32. The predicted molar refractivity (Wildman–Crippen MR) is 98.0 cm³/mol. The lowest BCUT2D eigenvalue weighted by atomic mass is 10.2. The van der Waals surface area contributed by atoms with Crippen LogP contribution in [0.4, 0.5) is 11.6 Å². The van der Waals surface area contributed by atoms with Crippen molar-refractivity contribution >= 4 is 29.4 Å². The molecular formula is C18H19N3O7. The van der Waals surface area contributed by atoms with Gasteiger partial charge in [0.25, 0.3) is 11.8 Å². The van der Waals surface area contributed by atoms with Gasteiger partial charge in [-0.1, -0.05) is 0 Å². The van der Waals surface area contributed by atoms with Gasteiger partial charge < -0.3 is 19.4 Å². The molecule has 0 aliphatic rings. The monoisotopic (exact) mass is 389 g/mol. The number of benzene rings is 1. The Balaban J connectivity index is 1.88. The van der Waals surface area contributed by atoms with Gasteiger partial charge in [-0.25, -0.2) is 4.79 Å². The normalized spacial score (nSPS) is 10.2. The van der Waals surface area contributed by atoms with Crippen LogP contribution >= 0.6 is 0 Å². The van der Waals surface area contributed by atoms with E-state index in [1.165, 1.54) is 0 Å². The molecule has 10 nitrogen and oxygen atoms in total. The van der Waals surface area contributed by atoms with Crippen molar-refractivity contribution in [1.29, 1.82) is 0 Å². The molecule has 0 spiro atoms. The van der Waals surface area contributed by atoms with Crippen LogP contribution in [0.2, 0.25) is 0 Å². The molecule has 2 rings (SSSR count). The van der Waals surface area contributed by atoms with Gasteiger partial charge in [0, 0.05) is 24.3 Å². The highest BCUT2D eigenvalue weighted by Gasteiger charge is 2.19. The summed E-state index contributed by atoms with van der Waals surface area (Å²) in [6.07, 6.45) is 0. The third kappa shape index (κ3) is 5.16. The van der Waals surface area contributed by atoms with Crippen molar-refractivity contribution in [2.24, 2.45) is 0 Å². The van der Waals surface area contributed by atoms with Crippen LogP contribution in [0.25, 0.3) is 0 Å². The maximum absolute atomic E-state index is 12.2. The first-order valence-corrected chi connectivity index (χ1v) is 8.46. The van der Waals surface area contributed by atoms with Crippen molar-refractivity contribution in [2.45, 2.75) is 13.8 Å². The van der Waals surface area contributed by atoms with Crippen molar-refractivity contribution in [3.8, 4) is 0 Å². The Hall–Kier alpha value is -3.69. The number of nitro groups is 1. The van der Waals surface area contributed by atoms with Crippen LogP contribution < -0.4 is 5.32 Å². The van der Waals surface area contributed by atoms with Gasteiger partial charge in [0.05, 0.1) is 6.07 Å². The molecule has 0 aliphatic heterocycles. The van der Waals surface area contributed by atoms with Gasteiger partial charge >= 0.3 is 11.9 Å². The van der Waals surface area contributed by atoms with E-state index in [9.17, 15) is 24.5 Å². The Morgan fingerprint density at radius 2 is 1.75 bits per heavy atom. The molecule has 0 unspecified atom stereocenters. The molecule has 1 aromatic heterocycles. The zero-order chi connectivity index (χ0) is 20.7. The van der Waals surface area contributed by atoms with Crippen LogP contribution in [-0.4, -0.2) is 47.3 Å². The molecule has 0 aliphatic carbocycles. The maximum Gasteiger partial charge on any atom is 0.433 e. The first-order valence-electron chi connectivity index (χ1n) is 8.46. The second-order valence-electron chi connectivity index (χ2n) is 5.57. The van der Waals surface area contributed by atoms with Gasteiger partial charge in [-0.05, 0) is 44.2 Å². The number of furan rings is 1. The number of amides is 2. The third-order valence-electron chi connectivity index (χ3n) is 3.77. The quantitative estimate of drug-likeness (QED) is 0.416. The molecule has 0 saturated heterocycles. The SMILES string of the molecule is CCN(CC)C(=O)c1ccc(NC(=O)COC(=O)c2ccc([N+](=O)[O-])o2)cc1. The van der Waals surface area contributed by atoms with Gasteiger partial charge in [0.1, 0.15) is 4.92 Å². The molecular weight excluding hydrogens is 370 g/mol. The molecule has 1 heterocycles. The van der Waals surface area contributed by atoms with E-state index in [-0.39, 0.29) is 11.7 Å². The summed E-state index contributed by atoms with van der Waals surface area (Å²) < 4.78 is 9.44. The molecule has 148 valence electrons. The van der Waals surface area contributed by atoms with E-state index in [1.807, 2.05) is 13.8 Å². The number of nitrogens with one attached hydrogen (secondary N) is 1. The largest absolute Gasteiger partial charge is 0.450 e. The average Bonchev–Trinajstić information content (AvgIpc) is 3.18. The molecule has 0 saturated carbocycles. The smallest absolute Gasteiger partial charge is 0.433 e. The first kappa shape index (κ1) is 20.6. The summed E-state index contributed by atoms with van der Waals surface area (Å²) in [4.78, 5) is 47.2. The van der Waals surface area contributed by atoms with Crippen LogP contribution in [0, 0.1) is 10.1 Å². The summed E-state index contributed by atoms with van der Waals surface area (Å²) in [5.74, 6) is -2.69. The highest BCUT2D eigenvalue weighted by atomic mass is 16.7. The van der Waals surface area contributed by atoms with Crippen LogP contribution in [0.3, 0.4) is 0 Å². The summed E-state index contributed by atoms with van der Waals surface area (Å²) in [6, 6.07) is 8.40. The van der Waals surface area contributed by atoms with E-state index in [2.05, 4.69) is 9.73 Å². The number of esters is 1. The number of hydrogen-bond acceptors (Lipinski definition) is 7. The van der Waals surface area contributed by atoms with Gasteiger partial charge in [0.15, 0.2) is 6.61 Å². The molecule has 1 aromatic carbocycles. The number of carbonyl (C=O) groups is 3. The van der Waals surface area contributed by atoms with Crippen molar-refractivity contribution in [2.75, 3.05) is 25.0 Å². The summed E-state index contributed by atoms with van der Waals surface area (Å²) in [5, 5.41) is 13.0. The average molecular weight is 389 g/mol. The molecule has 28 heavy (non-hydrogen) atoms. The number of ether oxygens (including phenoxy) is 1. The van der Waals surface area contributed by atoms with Crippen LogP contribution in [0.5, 0.6) is 0 Å². The number of anilines is 1. The Bertz CT molecular complexity index is 870. The van der Waals surface area contributed by atoms with E-state index in [0.717, 1.165) is 12.1 Å². The lowest BCUT2D eigenvalue weighted by Crippen LogP contribution is -2.30. The minimum absolute atomic E-state index is 0.107. The van der Waals surface area contributed by atoms with E-state index in [1.54, 1.807) is 29.2 Å². The molecule has 0 radical (unpaired) electrons. The lowest BCUT2D eigenvalue weighted by molar-refractivity contribution is -0.402. The predicted octanol–water partition coefficient (Wildman–Crippen LogP) is 2.47. The zero-order valence-corrected chi connectivity index (χ0v) is 15.3. The molecule has 2 amide bonds. The van der Waals surface area contributed by atoms with Gasteiger partial charge in [0.2, 0.25) is 5.76 Å². The molecule has 10 heteroatoms. The number of nitrogens with zero attached hydrogens (tertiary/aromatic N) is 2. The van der Waals surface area contributed by atoms with E-state index in [0.29, 0.717) is 24.3 Å². The summed E-state index contributed by atoms with van der Waals surface area (Å²) in [6.45, 7) is 4.36. The standard InChI is InChI=1S/C18H19N3O7/c1-3-20(4-2)17(23)12-5-7-13(8-6-12)19-15(22)11-27-18(24)14-9-10-16(28-14)21(25)26/h5-10H,3-4,11H2,1-2H3,(H,19,22). The van der Waals surface area contributed by atoms with Crippen molar-refractivity contribution < 1.29 is 28.5 Å². The Morgan fingerprint density at radius 3 is 2.29 bits per heavy atom. The Labute approximate surface area is 160 Å². The second kappa shape index (κ2) is 9.31. The highest BCUT2D eigenvalue weighted by Crippen LogP contribution is 2.16. The summed E-state index contributed by atoms with van der Waals surface area (Å²) in [5.41, 5.74) is 0.915. The van der Waals surface area contributed by atoms with Crippen molar-refractivity contribution in [1.82, 2.24) is 4.90 Å². The Morgan fingerprint density at radius 1 is 1.11 bits per heavy atom. The highest BCUT2D eigenvalue weighted by molar-refractivity contribution is 5.97. The molecule has 0 atom stereocenters. The van der Waals surface area contributed by atoms with E-state index >= 15 is 0 Å². The minimum atomic E-state index is -0.997. The van der Waals surface area contributed by atoms with Gasteiger partial charge in [-0.2, -0.15) is 0 Å². The summed E-state index contributed by atoms with van der Waals surface area (Å²) in [7, 11) is 0. The lowest BCUT2D eigenvalue weighted by Gasteiger charge is -2.18. The first-order chi connectivity index (χ1) is 13.3. The summed E-state index contributed by atoms with van der Waals surface area (Å²) >= 11 is 0. The molecule has 1 N–H and O–H groups in total. The zero-order valence-electron chi connectivity index (χ0n) is 15.3. The fraction of sp³-hybridized carbons (Fsp3) is 0.278. The topological polar surface area (TPSA) is 132 Å². The molecule has 0 fully saturated rings. The van der Waals surface area contributed by atoms with Crippen LogP contribution in [0.1, 0.15) is 34.8 Å². The second-order valence-corrected chi connectivity index (χ2v) is 5.57. The number of rotatable bonds is 8. The minimum Gasteiger partial charge on any atom is -0.450 e. The van der Waals surface area contributed by atoms with E-state index in [4.69, 9.17) is 4.74 Å². The number of hydrogen-bond donors (Lipinski definition) is 1. The number of carbonyl (C=O) groups excluding carboxylic acids is 3. The Kier molecular flexibility index (Phi) is 6.85. The van der Waals surface area contributed by atoms with Gasteiger partial charge in [-0.15, -0.1) is 0 Å². The van der Waals surface area contributed by atoms with Crippen molar-refractivity contribution in [3.63, 3.8) is 0 Å². The maximum atomic E-state index is 12.2. The van der Waals surface area contributed by atoms with Crippen molar-refractivity contribution in [3.05, 3.63) is 57.8 Å². The van der Waals surface area contributed by atoms with Crippen LogP contribution in [-0.2, 0) is 9.53 Å². The molecule has 2 aromatic rings. The van der Waals surface area contributed by atoms with E-state index < -0.39 is 29.3 Å². The van der Waals surface area contributed by atoms with Crippen LogP contribution in [0.15, 0.2) is 40.8 Å².